The van der Waals surface area contributed by atoms with E-state index in [1.54, 1.807) is 18.4 Å². The average molecular weight is 284 g/mol. The molecule has 3 N–H and O–H groups in total. The Hall–Kier alpha value is -0.460. The second-order valence-corrected chi connectivity index (χ2v) is 6.43. The van der Waals surface area contributed by atoms with Gasteiger partial charge in [-0.15, -0.1) is 11.3 Å². The molecule has 19 heavy (non-hydrogen) atoms. The highest BCUT2D eigenvalue weighted by Crippen LogP contribution is 2.31. The summed E-state index contributed by atoms with van der Waals surface area (Å²) in [5, 5.41) is 22.5. The molecule has 4 nitrogen and oxygen atoms in total. The first-order valence-electron chi connectivity index (χ1n) is 6.93. The first-order chi connectivity index (χ1) is 9.15. The normalized spacial score (nSPS) is 19.8. The largest absolute Gasteiger partial charge is 0.395 e. The van der Waals surface area contributed by atoms with E-state index in [2.05, 4.69) is 16.3 Å². The molecule has 108 valence electrons. The standard InChI is InChI=1S/C14H24N2O2S/c1-10-7-11(8-16-5-3-4-6-16)19-14(10)13(18)12(9-17)15-2/h7,12-13,15,17-18H,3-6,8-9H2,1-2H3. The second kappa shape index (κ2) is 6.81. The zero-order chi connectivity index (χ0) is 13.8. The molecule has 2 rings (SSSR count). The molecule has 1 fully saturated rings. The predicted octanol–water partition coefficient (Wildman–Crippen LogP) is 1.27. The molecule has 1 aliphatic heterocycles. The Kier molecular flexibility index (Phi) is 5.36. The van der Waals surface area contributed by atoms with Crippen LogP contribution < -0.4 is 5.32 Å². The van der Waals surface area contributed by atoms with Crippen LogP contribution in [-0.4, -0.2) is 47.9 Å². The number of hydrogen-bond acceptors (Lipinski definition) is 5. The third-order valence-corrected chi connectivity index (χ3v) is 5.10. The van der Waals surface area contributed by atoms with Gasteiger partial charge < -0.3 is 15.5 Å². The fourth-order valence-electron chi connectivity index (χ4n) is 2.63. The maximum absolute atomic E-state index is 10.3. The highest BCUT2D eigenvalue weighted by Gasteiger charge is 2.23. The highest BCUT2D eigenvalue weighted by molar-refractivity contribution is 7.12. The maximum atomic E-state index is 10.3. The third kappa shape index (κ3) is 3.55. The van der Waals surface area contributed by atoms with Gasteiger partial charge in [0.15, 0.2) is 0 Å². The van der Waals surface area contributed by atoms with Gasteiger partial charge in [-0.3, -0.25) is 4.90 Å². The zero-order valence-electron chi connectivity index (χ0n) is 11.7. The zero-order valence-corrected chi connectivity index (χ0v) is 12.5. The van der Waals surface area contributed by atoms with Gasteiger partial charge in [0, 0.05) is 16.3 Å². The van der Waals surface area contributed by atoms with E-state index in [4.69, 9.17) is 0 Å². The van der Waals surface area contributed by atoms with Crippen LogP contribution in [0.4, 0.5) is 0 Å². The van der Waals surface area contributed by atoms with Crippen LogP contribution in [-0.2, 0) is 6.54 Å². The van der Waals surface area contributed by atoms with Gasteiger partial charge in [-0.05, 0) is 51.5 Å². The van der Waals surface area contributed by atoms with E-state index in [0.29, 0.717) is 0 Å². The number of nitrogens with one attached hydrogen (secondary N) is 1. The lowest BCUT2D eigenvalue weighted by atomic mass is 10.1. The van der Waals surface area contributed by atoms with E-state index in [9.17, 15) is 10.2 Å². The van der Waals surface area contributed by atoms with Crippen molar-refractivity contribution in [1.82, 2.24) is 10.2 Å². The molecule has 1 aromatic heterocycles. The van der Waals surface area contributed by atoms with Crippen molar-refractivity contribution in [2.75, 3.05) is 26.7 Å². The Morgan fingerprint density at radius 2 is 2.11 bits per heavy atom. The number of likely N-dealkylation sites (tertiary alicyclic amines) is 1. The quantitative estimate of drug-likeness (QED) is 0.736. The van der Waals surface area contributed by atoms with Gasteiger partial charge in [0.25, 0.3) is 0 Å². The van der Waals surface area contributed by atoms with Crippen molar-refractivity contribution in [3.63, 3.8) is 0 Å². The molecule has 0 aromatic carbocycles. The van der Waals surface area contributed by atoms with Crippen LogP contribution in [0.5, 0.6) is 0 Å². The molecule has 0 aliphatic carbocycles. The minimum atomic E-state index is -0.632. The monoisotopic (exact) mass is 284 g/mol. The van der Waals surface area contributed by atoms with Crippen LogP contribution in [0.25, 0.3) is 0 Å². The molecule has 1 saturated heterocycles. The molecule has 0 bridgehead atoms. The lowest BCUT2D eigenvalue weighted by molar-refractivity contribution is 0.0965. The van der Waals surface area contributed by atoms with E-state index in [0.717, 1.165) is 17.0 Å². The SMILES string of the molecule is CNC(CO)C(O)c1sc(CN2CCCC2)cc1C. The van der Waals surface area contributed by atoms with Crippen LogP contribution in [0.1, 0.15) is 34.3 Å². The van der Waals surface area contributed by atoms with Crippen molar-refractivity contribution < 1.29 is 10.2 Å². The summed E-state index contributed by atoms with van der Waals surface area (Å²) < 4.78 is 0. The Balaban J connectivity index is 2.06. The molecular formula is C14H24N2O2S. The Morgan fingerprint density at radius 1 is 1.42 bits per heavy atom. The number of thiophene rings is 1. The number of aryl methyl sites for hydroxylation is 1. The molecular weight excluding hydrogens is 260 g/mol. The fraction of sp³-hybridized carbons (Fsp3) is 0.714. The third-order valence-electron chi connectivity index (χ3n) is 3.80. The molecule has 2 atom stereocenters. The molecule has 0 saturated carbocycles. The molecule has 2 unspecified atom stereocenters. The van der Waals surface area contributed by atoms with Gasteiger partial charge in [0.05, 0.1) is 12.6 Å². The second-order valence-electron chi connectivity index (χ2n) is 5.27. The molecule has 0 amide bonds. The van der Waals surface area contributed by atoms with Gasteiger partial charge >= 0.3 is 0 Å². The van der Waals surface area contributed by atoms with Crippen molar-refractivity contribution in [2.45, 2.75) is 38.5 Å². The average Bonchev–Trinajstić information content (AvgIpc) is 3.01. The summed E-state index contributed by atoms with van der Waals surface area (Å²) in [4.78, 5) is 4.74. The van der Waals surface area contributed by atoms with Crippen molar-refractivity contribution in [3.05, 3.63) is 21.4 Å². The van der Waals surface area contributed by atoms with Crippen LogP contribution in [0.3, 0.4) is 0 Å². The first kappa shape index (κ1) is 14.9. The topological polar surface area (TPSA) is 55.7 Å². The predicted molar refractivity (Wildman–Crippen MR) is 78.5 cm³/mol. The molecule has 2 heterocycles. The van der Waals surface area contributed by atoms with Crippen molar-refractivity contribution in [2.24, 2.45) is 0 Å². The summed E-state index contributed by atoms with van der Waals surface area (Å²) in [6, 6.07) is 1.88. The smallest absolute Gasteiger partial charge is 0.106 e. The summed E-state index contributed by atoms with van der Waals surface area (Å²) in [7, 11) is 1.76. The number of likely N-dealkylation sites (N-methyl/N-ethyl adjacent to an activating group) is 1. The Morgan fingerprint density at radius 3 is 2.68 bits per heavy atom. The summed E-state index contributed by atoms with van der Waals surface area (Å²) >= 11 is 1.67. The van der Waals surface area contributed by atoms with Crippen LogP contribution >= 0.6 is 11.3 Å². The van der Waals surface area contributed by atoms with Crippen LogP contribution in [0.15, 0.2) is 6.07 Å². The van der Waals surface area contributed by atoms with Gasteiger partial charge in [-0.1, -0.05) is 0 Å². The number of nitrogens with zero attached hydrogens (tertiary/aromatic N) is 1. The number of aliphatic hydroxyl groups is 2. The van der Waals surface area contributed by atoms with E-state index in [1.807, 2.05) is 6.92 Å². The van der Waals surface area contributed by atoms with Crippen molar-refractivity contribution in [3.8, 4) is 0 Å². The number of hydrogen-bond donors (Lipinski definition) is 3. The van der Waals surface area contributed by atoms with Gasteiger partial charge in [-0.2, -0.15) is 0 Å². The lowest BCUT2D eigenvalue weighted by Gasteiger charge is -2.20. The molecule has 0 spiro atoms. The summed E-state index contributed by atoms with van der Waals surface area (Å²) in [6.07, 6.45) is 1.96. The summed E-state index contributed by atoms with van der Waals surface area (Å²) in [6.45, 7) is 5.33. The van der Waals surface area contributed by atoms with Crippen molar-refractivity contribution >= 4 is 11.3 Å². The molecule has 5 heteroatoms. The van der Waals surface area contributed by atoms with Crippen molar-refractivity contribution in [1.29, 1.82) is 0 Å². The Bertz CT molecular complexity index is 398. The summed E-state index contributed by atoms with van der Waals surface area (Å²) in [5.74, 6) is 0. The van der Waals surface area contributed by atoms with E-state index < -0.39 is 6.10 Å². The maximum Gasteiger partial charge on any atom is 0.106 e. The lowest BCUT2D eigenvalue weighted by Crippen LogP contribution is -2.35. The molecule has 0 radical (unpaired) electrons. The number of rotatable bonds is 6. The van der Waals surface area contributed by atoms with E-state index in [1.165, 1.54) is 30.8 Å². The fourth-order valence-corrected chi connectivity index (χ4v) is 3.90. The highest BCUT2D eigenvalue weighted by atomic mass is 32.1. The van der Waals surface area contributed by atoms with Gasteiger partial charge in [-0.25, -0.2) is 0 Å². The minimum absolute atomic E-state index is 0.0591. The van der Waals surface area contributed by atoms with Gasteiger partial charge in [0.1, 0.15) is 6.10 Å². The summed E-state index contributed by atoms with van der Waals surface area (Å²) in [5.41, 5.74) is 1.13. The van der Waals surface area contributed by atoms with Crippen LogP contribution in [0.2, 0.25) is 0 Å². The van der Waals surface area contributed by atoms with E-state index in [-0.39, 0.29) is 12.6 Å². The number of aliphatic hydroxyl groups excluding tert-OH is 2. The van der Waals surface area contributed by atoms with Gasteiger partial charge in [0.2, 0.25) is 0 Å². The molecule has 1 aromatic rings. The molecule has 1 aliphatic rings. The van der Waals surface area contributed by atoms with Crippen LogP contribution in [0, 0.1) is 6.92 Å². The van der Waals surface area contributed by atoms with E-state index >= 15 is 0 Å². The minimum Gasteiger partial charge on any atom is -0.395 e. The first-order valence-corrected chi connectivity index (χ1v) is 7.75. The Labute approximate surface area is 119 Å².